The summed E-state index contributed by atoms with van der Waals surface area (Å²) in [6.07, 6.45) is 4.94. The summed E-state index contributed by atoms with van der Waals surface area (Å²) in [5.74, 6) is 0.766. The second-order valence-electron chi connectivity index (χ2n) is 5.20. The molecule has 1 fully saturated rings. The van der Waals surface area contributed by atoms with Gasteiger partial charge in [-0.2, -0.15) is 0 Å². The van der Waals surface area contributed by atoms with Crippen molar-refractivity contribution in [3.8, 4) is 0 Å². The lowest BCUT2D eigenvalue weighted by molar-refractivity contribution is 0.422. The van der Waals surface area contributed by atoms with Crippen LogP contribution in [0, 0.1) is 5.92 Å². The number of nitrogens with one attached hydrogen (secondary N) is 1. The first-order valence-corrected chi connectivity index (χ1v) is 6.67. The molecule has 90 valence electrons. The van der Waals surface area contributed by atoms with Gasteiger partial charge in [-0.25, -0.2) is 0 Å². The lowest BCUT2D eigenvalue weighted by atomic mass is 9.81. The summed E-state index contributed by atoms with van der Waals surface area (Å²) >= 11 is 0. The predicted molar refractivity (Wildman–Crippen MR) is 70.1 cm³/mol. The lowest BCUT2D eigenvalue weighted by Gasteiger charge is -2.31. The standard InChI is InChI=1S/C14H24N2/c1-4-13-9-10(2)14(11(3)16-13)12-5-7-15-8-6-12/h12-13,15H,4-9H2,1-3H3. The molecule has 2 nitrogen and oxygen atoms in total. The van der Waals surface area contributed by atoms with Crippen LogP contribution < -0.4 is 5.32 Å². The van der Waals surface area contributed by atoms with Crippen molar-refractivity contribution in [3.05, 3.63) is 11.1 Å². The maximum Gasteiger partial charge on any atom is 0.0537 e. The molecule has 2 rings (SSSR count). The van der Waals surface area contributed by atoms with Gasteiger partial charge in [0.1, 0.15) is 0 Å². The quantitative estimate of drug-likeness (QED) is 0.760. The highest BCUT2D eigenvalue weighted by molar-refractivity contribution is 6.00. The Labute approximate surface area is 99.2 Å². The van der Waals surface area contributed by atoms with Gasteiger partial charge in [0.15, 0.2) is 0 Å². The summed E-state index contributed by atoms with van der Waals surface area (Å²) in [6.45, 7) is 9.11. The van der Waals surface area contributed by atoms with E-state index in [-0.39, 0.29) is 0 Å². The third-order valence-electron chi connectivity index (χ3n) is 3.99. The van der Waals surface area contributed by atoms with Crippen LogP contribution in [-0.4, -0.2) is 24.8 Å². The third-order valence-corrected chi connectivity index (χ3v) is 3.99. The molecule has 0 radical (unpaired) electrons. The molecule has 0 saturated carbocycles. The molecule has 0 aliphatic carbocycles. The topological polar surface area (TPSA) is 24.4 Å². The van der Waals surface area contributed by atoms with E-state index in [1.807, 2.05) is 0 Å². The number of hydrogen-bond acceptors (Lipinski definition) is 2. The Morgan fingerprint density at radius 3 is 2.50 bits per heavy atom. The van der Waals surface area contributed by atoms with E-state index in [2.05, 4.69) is 26.1 Å². The molecule has 1 N–H and O–H groups in total. The van der Waals surface area contributed by atoms with Crippen molar-refractivity contribution in [1.29, 1.82) is 0 Å². The Balaban J connectivity index is 2.16. The van der Waals surface area contributed by atoms with E-state index < -0.39 is 0 Å². The van der Waals surface area contributed by atoms with Gasteiger partial charge >= 0.3 is 0 Å². The molecule has 0 amide bonds. The van der Waals surface area contributed by atoms with Crippen molar-refractivity contribution in [2.24, 2.45) is 10.9 Å². The van der Waals surface area contributed by atoms with E-state index in [0.29, 0.717) is 6.04 Å². The average molecular weight is 220 g/mol. The number of nitrogens with zero attached hydrogens (tertiary/aromatic N) is 1. The molecule has 1 unspecified atom stereocenters. The van der Waals surface area contributed by atoms with Crippen LogP contribution in [0.1, 0.15) is 46.5 Å². The van der Waals surface area contributed by atoms with Gasteiger partial charge in [0.25, 0.3) is 0 Å². The second kappa shape index (κ2) is 5.13. The fourth-order valence-corrected chi connectivity index (χ4v) is 3.15. The Morgan fingerprint density at radius 2 is 1.94 bits per heavy atom. The summed E-state index contributed by atoms with van der Waals surface area (Å²) in [5.41, 5.74) is 4.51. The van der Waals surface area contributed by atoms with Crippen molar-refractivity contribution in [2.45, 2.75) is 52.5 Å². The smallest absolute Gasteiger partial charge is 0.0537 e. The first kappa shape index (κ1) is 11.8. The predicted octanol–water partition coefficient (Wildman–Crippen LogP) is 2.95. The van der Waals surface area contributed by atoms with Crippen LogP contribution >= 0.6 is 0 Å². The number of allylic oxidation sites excluding steroid dienone is 1. The molecular weight excluding hydrogens is 196 g/mol. The van der Waals surface area contributed by atoms with E-state index in [1.165, 1.54) is 44.5 Å². The molecule has 2 heteroatoms. The number of dihydropyridines is 1. The molecule has 0 aromatic heterocycles. The zero-order valence-corrected chi connectivity index (χ0v) is 10.8. The first-order valence-electron chi connectivity index (χ1n) is 6.67. The van der Waals surface area contributed by atoms with Crippen molar-refractivity contribution < 1.29 is 0 Å². The van der Waals surface area contributed by atoms with E-state index in [4.69, 9.17) is 4.99 Å². The minimum absolute atomic E-state index is 0.547. The van der Waals surface area contributed by atoms with Gasteiger partial charge < -0.3 is 5.32 Å². The molecule has 0 aromatic rings. The van der Waals surface area contributed by atoms with E-state index in [9.17, 15) is 0 Å². The molecule has 16 heavy (non-hydrogen) atoms. The zero-order chi connectivity index (χ0) is 11.5. The Hall–Kier alpha value is -0.630. The van der Waals surface area contributed by atoms with Crippen LogP contribution in [0.3, 0.4) is 0 Å². The second-order valence-corrected chi connectivity index (χ2v) is 5.20. The Bertz CT molecular complexity index is 309. The van der Waals surface area contributed by atoms with Gasteiger partial charge in [0.2, 0.25) is 0 Å². The minimum atomic E-state index is 0.547. The van der Waals surface area contributed by atoms with Crippen LogP contribution in [0.5, 0.6) is 0 Å². The molecule has 0 spiro atoms. The fourth-order valence-electron chi connectivity index (χ4n) is 3.15. The lowest BCUT2D eigenvalue weighted by Crippen LogP contribution is -2.32. The minimum Gasteiger partial charge on any atom is -0.317 e. The van der Waals surface area contributed by atoms with E-state index in [1.54, 1.807) is 11.1 Å². The molecular formula is C14H24N2. The van der Waals surface area contributed by atoms with Crippen molar-refractivity contribution >= 4 is 5.71 Å². The number of piperidine rings is 1. The van der Waals surface area contributed by atoms with Crippen molar-refractivity contribution in [3.63, 3.8) is 0 Å². The molecule has 1 atom stereocenters. The molecule has 0 bridgehead atoms. The van der Waals surface area contributed by atoms with Gasteiger partial charge in [-0.1, -0.05) is 12.5 Å². The van der Waals surface area contributed by atoms with Gasteiger partial charge in [-0.3, -0.25) is 4.99 Å². The van der Waals surface area contributed by atoms with Crippen molar-refractivity contribution in [1.82, 2.24) is 5.32 Å². The molecule has 1 saturated heterocycles. The summed E-state index contributed by atoms with van der Waals surface area (Å²) in [6, 6.07) is 0.547. The van der Waals surface area contributed by atoms with Crippen LogP contribution in [-0.2, 0) is 0 Å². The van der Waals surface area contributed by atoms with Crippen molar-refractivity contribution in [2.75, 3.05) is 13.1 Å². The number of hydrogen-bond donors (Lipinski definition) is 1. The number of rotatable bonds is 2. The monoisotopic (exact) mass is 220 g/mol. The Kier molecular flexibility index (Phi) is 3.80. The van der Waals surface area contributed by atoms with E-state index in [0.717, 1.165) is 5.92 Å². The van der Waals surface area contributed by atoms with Crippen LogP contribution in [0.2, 0.25) is 0 Å². The largest absolute Gasteiger partial charge is 0.317 e. The van der Waals surface area contributed by atoms with Crippen LogP contribution in [0.4, 0.5) is 0 Å². The SMILES string of the molecule is CCC1CC(C)=C(C2CCNCC2)C(C)=N1. The van der Waals surface area contributed by atoms with Gasteiger partial charge in [0.05, 0.1) is 6.04 Å². The molecule has 2 aliphatic heterocycles. The average Bonchev–Trinajstić information content (AvgIpc) is 2.29. The molecule has 2 aliphatic rings. The van der Waals surface area contributed by atoms with Crippen LogP contribution in [0.25, 0.3) is 0 Å². The number of aliphatic imine (C=N–C) groups is 1. The van der Waals surface area contributed by atoms with Crippen LogP contribution in [0.15, 0.2) is 16.1 Å². The third kappa shape index (κ3) is 2.37. The summed E-state index contributed by atoms with van der Waals surface area (Å²) in [7, 11) is 0. The Morgan fingerprint density at radius 1 is 1.25 bits per heavy atom. The fraction of sp³-hybridized carbons (Fsp3) is 0.786. The van der Waals surface area contributed by atoms with Gasteiger partial charge in [-0.15, -0.1) is 0 Å². The maximum atomic E-state index is 4.85. The van der Waals surface area contributed by atoms with E-state index >= 15 is 0 Å². The molecule has 2 heterocycles. The van der Waals surface area contributed by atoms with Gasteiger partial charge in [0, 0.05) is 5.71 Å². The first-order chi connectivity index (χ1) is 7.72. The molecule has 0 aromatic carbocycles. The maximum absolute atomic E-state index is 4.85. The summed E-state index contributed by atoms with van der Waals surface area (Å²) < 4.78 is 0. The summed E-state index contributed by atoms with van der Waals surface area (Å²) in [5, 5.41) is 3.44. The zero-order valence-electron chi connectivity index (χ0n) is 10.8. The highest BCUT2D eigenvalue weighted by Crippen LogP contribution is 2.31. The van der Waals surface area contributed by atoms with Gasteiger partial charge in [-0.05, 0) is 64.1 Å². The highest BCUT2D eigenvalue weighted by atomic mass is 14.9. The normalized spacial score (nSPS) is 28.2. The highest BCUT2D eigenvalue weighted by Gasteiger charge is 2.25. The summed E-state index contributed by atoms with van der Waals surface area (Å²) in [4.78, 5) is 4.85.